The van der Waals surface area contributed by atoms with Gasteiger partial charge in [0.05, 0.1) is 5.69 Å². The van der Waals surface area contributed by atoms with Gasteiger partial charge in [-0.15, -0.1) is 0 Å². The lowest BCUT2D eigenvalue weighted by Gasteiger charge is -2.22. The molecule has 0 atom stereocenters. The maximum atomic E-state index is 11.7. The van der Waals surface area contributed by atoms with Gasteiger partial charge in [0.2, 0.25) is 0 Å². The number of nitrogens with one attached hydrogen (secondary N) is 1. The van der Waals surface area contributed by atoms with E-state index in [1.807, 2.05) is 13.0 Å². The average molecular weight is 207 g/mol. The number of carbonyl (C=O) groups excluding carboxylic acids is 1. The van der Waals surface area contributed by atoms with Crippen molar-refractivity contribution in [2.24, 2.45) is 0 Å². The third-order valence-electron chi connectivity index (χ3n) is 2.86. The predicted octanol–water partition coefficient (Wildman–Crippen LogP) is 2.08. The number of aromatic nitrogens is 2. The maximum absolute atomic E-state index is 11.7. The molecule has 1 aliphatic carbocycles. The molecule has 0 aromatic carbocycles. The van der Waals surface area contributed by atoms with Crippen LogP contribution in [0, 0.1) is 6.92 Å². The minimum absolute atomic E-state index is 0.102. The van der Waals surface area contributed by atoms with Crippen LogP contribution >= 0.6 is 0 Å². The van der Waals surface area contributed by atoms with E-state index in [2.05, 4.69) is 10.4 Å². The van der Waals surface area contributed by atoms with E-state index in [1.165, 1.54) is 23.9 Å². The molecule has 0 spiro atoms. The summed E-state index contributed by atoms with van der Waals surface area (Å²) in [6.07, 6.45) is 7.66. The number of aryl methyl sites for hydroxylation is 1. The van der Waals surface area contributed by atoms with Crippen molar-refractivity contribution in [2.45, 2.75) is 45.1 Å². The molecule has 0 saturated heterocycles. The molecule has 1 aromatic rings. The van der Waals surface area contributed by atoms with Gasteiger partial charge in [-0.25, -0.2) is 4.79 Å². The summed E-state index contributed by atoms with van der Waals surface area (Å²) >= 11 is 0. The van der Waals surface area contributed by atoms with Crippen LogP contribution in [0.3, 0.4) is 0 Å². The van der Waals surface area contributed by atoms with Crippen LogP contribution in [0.2, 0.25) is 0 Å². The summed E-state index contributed by atoms with van der Waals surface area (Å²) in [7, 11) is 0. The van der Waals surface area contributed by atoms with Gasteiger partial charge in [-0.2, -0.15) is 9.78 Å². The Morgan fingerprint density at radius 2 is 2.20 bits per heavy atom. The molecule has 0 bridgehead atoms. The van der Waals surface area contributed by atoms with Gasteiger partial charge in [-0.1, -0.05) is 19.3 Å². The Morgan fingerprint density at radius 3 is 2.80 bits per heavy atom. The lowest BCUT2D eigenvalue weighted by atomic mass is 9.96. The second-order valence-corrected chi connectivity index (χ2v) is 4.19. The van der Waals surface area contributed by atoms with Crippen LogP contribution in [-0.4, -0.2) is 21.9 Å². The Labute approximate surface area is 89.7 Å². The number of rotatable bonds is 1. The highest BCUT2D eigenvalue weighted by molar-refractivity contribution is 5.75. The van der Waals surface area contributed by atoms with Crippen LogP contribution in [0.1, 0.15) is 37.8 Å². The molecule has 0 radical (unpaired) electrons. The van der Waals surface area contributed by atoms with Crippen molar-refractivity contribution >= 4 is 6.03 Å². The molecule has 1 fully saturated rings. The molecule has 4 heteroatoms. The summed E-state index contributed by atoms with van der Waals surface area (Å²) in [5.74, 6) is 0. The van der Waals surface area contributed by atoms with Crippen LogP contribution in [0.25, 0.3) is 0 Å². The van der Waals surface area contributed by atoms with Crippen molar-refractivity contribution in [3.63, 3.8) is 0 Å². The number of hydrogen-bond donors (Lipinski definition) is 1. The highest BCUT2D eigenvalue weighted by Gasteiger charge is 2.16. The summed E-state index contributed by atoms with van der Waals surface area (Å²) in [4.78, 5) is 11.7. The summed E-state index contributed by atoms with van der Waals surface area (Å²) in [5, 5.41) is 7.09. The Kier molecular flexibility index (Phi) is 3.04. The Morgan fingerprint density at radius 1 is 1.47 bits per heavy atom. The first-order valence-electron chi connectivity index (χ1n) is 5.59. The van der Waals surface area contributed by atoms with Crippen LogP contribution < -0.4 is 5.32 Å². The number of hydrogen-bond acceptors (Lipinski definition) is 2. The third kappa shape index (κ3) is 2.58. The van der Waals surface area contributed by atoms with Crippen molar-refractivity contribution in [1.29, 1.82) is 0 Å². The Balaban J connectivity index is 1.91. The average Bonchev–Trinajstić information content (AvgIpc) is 2.66. The van der Waals surface area contributed by atoms with Gasteiger partial charge >= 0.3 is 6.03 Å². The summed E-state index contributed by atoms with van der Waals surface area (Å²) in [6, 6.07) is 2.08. The van der Waals surface area contributed by atoms with Gasteiger partial charge in [0, 0.05) is 12.2 Å². The first kappa shape index (κ1) is 10.2. The van der Waals surface area contributed by atoms with Gasteiger partial charge < -0.3 is 5.32 Å². The van der Waals surface area contributed by atoms with Crippen LogP contribution in [0.5, 0.6) is 0 Å². The van der Waals surface area contributed by atoms with E-state index in [-0.39, 0.29) is 6.03 Å². The number of amides is 1. The van der Waals surface area contributed by atoms with Crippen LogP contribution in [-0.2, 0) is 0 Å². The molecule has 0 aliphatic heterocycles. The van der Waals surface area contributed by atoms with Crippen molar-refractivity contribution in [2.75, 3.05) is 0 Å². The summed E-state index contributed by atoms with van der Waals surface area (Å²) < 4.78 is 1.38. The molecule has 82 valence electrons. The van der Waals surface area contributed by atoms with E-state index in [0.29, 0.717) is 6.04 Å². The fourth-order valence-electron chi connectivity index (χ4n) is 2.02. The highest BCUT2D eigenvalue weighted by atomic mass is 16.2. The lowest BCUT2D eigenvalue weighted by Crippen LogP contribution is -2.39. The monoisotopic (exact) mass is 207 g/mol. The zero-order valence-electron chi connectivity index (χ0n) is 9.07. The molecule has 1 saturated carbocycles. The van der Waals surface area contributed by atoms with E-state index in [9.17, 15) is 4.79 Å². The summed E-state index contributed by atoms with van der Waals surface area (Å²) in [6.45, 7) is 1.88. The van der Waals surface area contributed by atoms with E-state index < -0.39 is 0 Å². The summed E-state index contributed by atoms with van der Waals surface area (Å²) in [5.41, 5.74) is 0.869. The van der Waals surface area contributed by atoms with E-state index in [0.717, 1.165) is 18.5 Å². The molecular formula is C11H17N3O. The normalized spacial score (nSPS) is 17.7. The van der Waals surface area contributed by atoms with Gasteiger partial charge in [-0.05, 0) is 25.8 Å². The first-order chi connectivity index (χ1) is 7.25. The van der Waals surface area contributed by atoms with Crippen molar-refractivity contribution in [3.8, 4) is 0 Å². The zero-order chi connectivity index (χ0) is 10.7. The number of nitrogens with zero attached hydrogens (tertiary/aromatic N) is 2. The molecule has 1 aromatic heterocycles. The molecule has 1 aliphatic rings. The topological polar surface area (TPSA) is 46.9 Å². The SMILES string of the molecule is Cc1ccn(C(=O)NC2CCCCC2)n1. The second kappa shape index (κ2) is 4.47. The minimum atomic E-state index is -0.102. The van der Waals surface area contributed by atoms with E-state index in [1.54, 1.807) is 6.20 Å². The Bertz CT molecular complexity index is 339. The highest BCUT2D eigenvalue weighted by Crippen LogP contribution is 2.17. The van der Waals surface area contributed by atoms with Crippen molar-refractivity contribution in [3.05, 3.63) is 18.0 Å². The van der Waals surface area contributed by atoms with Gasteiger partial charge in [0.1, 0.15) is 0 Å². The molecular weight excluding hydrogens is 190 g/mol. The molecule has 15 heavy (non-hydrogen) atoms. The second-order valence-electron chi connectivity index (χ2n) is 4.19. The van der Waals surface area contributed by atoms with Gasteiger partial charge in [0.25, 0.3) is 0 Å². The molecule has 1 heterocycles. The Hall–Kier alpha value is -1.32. The van der Waals surface area contributed by atoms with Crippen LogP contribution in [0.15, 0.2) is 12.3 Å². The van der Waals surface area contributed by atoms with Crippen LogP contribution in [0.4, 0.5) is 4.79 Å². The zero-order valence-corrected chi connectivity index (χ0v) is 9.07. The maximum Gasteiger partial charge on any atom is 0.342 e. The standard InChI is InChI=1S/C11H17N3O/c1-9-7-8-14(13-9)11(15)12-10-5-3-2-4-6-10/h7-8,10H,2-6H2,1H3,(H,12,15). The van der Waals surface area contributed by atoms with E-state index >= 15 is 0 Å². The first-order valence-corrected chi connectivity index (χ1v) is 5.59. The quantitative estimate of drug-likeness (QED) is 0.766. The largest absolute Gasteiger partial charge is 0.342 e. The van der Waals surface area contributed by atoms with E-state index in [4.69, 9.17) is 0 Å². The minimum Gasteiger partial charge on any atom is -0.333 e. The lowest BCUT2D eigenvalue weighted by molar-refractivity contribution is 0.231. The fraction of sp³-hybridized carbons (Fsp3) is 0.636. The fourth-order valence-corrected chi connectivity index (χ4v) is 2.02. The smallest absolute Gasteiger partial charge is 0.333 e. The van der Waals surface area contributed by atoms with Gasteiger partial charge in [0.15, 0.2) is 0 Å². The molecule has 2 rings (SSSR count). The van der Waals surface area contributed by atoms with Gasteiger partial charge in [-0.3, -0.25) is 0 Å². The molecule has 1 N–H and O–H groups in total. The number of carbonyl (C=O) groups is 1. The van der Waals surface area contributed by atoms with Crippen molar-refractivity contribution < 1.29 is 4.79 Å². The molecule has 4 nitrogen and oxygen atoms in total. The molecule has 1 amide bonds. The molecule has 0 unspecified atom stereocenters. The van der Waals surface area contributed by atoms with Crippen molar-refractivity contribution in [1.82, 2.24) is 15.1 Å². The predicted molar refractivity (Wildman–Crippen MR) is 57.8 cm³/mol. The third-order valence-corrected chi connectivity index (χ3v) is 2.86.